The molecule has 7 heteroatoms. The normalized spacial score (nSPS) is 17.0. The van der Waals surface area contributed by atoms with Crippen molar-refractivity contribution in [1.82, 2.24) is 10.2 Å². The average Bonchev–Trinajstić information content (AvgIpc) is 2.84. The van der Waals surface area contributed by atoms with E-state index < -0.39 is 17.6 Å². The number of carbonyl (C=O) groups is 1. The molecule has 1 aromatic heterocycles. The van der Waals surface area contributed by atoms with E-state index in [0.717, 1.165) is 17.8 Å². The van der Waals surface area contributed by atoms with Crippen LogP contribution in [0.2, 0.25) is 0 Å². The van der Waals surface area contributed by atoms with Crippen LogP contribution in [-0.2, 0) is 12.8 Å². The molecule has 0 saturated heterocycles. The Hall–Kier alpha value is -1.95. The van der Waals surface area contributed by atoms with Gasteiger partial charge in [0.15, 0.2) is 5.69 Å². The molecular formula is C14H13ClF2N2O2. The highest BCUT2D eigenvalue weighted by Gasteiger charge is 2.28. The van der Waals surface area contributed by atoms with Gasteiger partial charge in [0.1, 0.15) is 11.6 Å². The monoisotopic (exact) mass is 314 g/mol. The summed E-state index contributed by atoms with van der Waals surface area (Å²) < 4.78 is 27.1. The second-order valence-corrected chi connectivity index (χ2v) is 4.94. The van der Waals surface area contributed by atoms with E-state index in [1.54, 1.807) is 0 Å². The second-order valence-electron chi connectivity index (χ2n) is 4.94. The first kappa shape index (κ1) is 15.4. The van der Waals surface area contributed by atoms with Crippen LogP contribution in [0.25, 0.3) is 0 Å². The molecule has 2 N–H and O–H groups in total. The molecule has 0 aliphatic heterocycles. The summed E-state index contributed by atoms with van der Waals surface area (Å²) in [6.45, 7) is 0. The van der Waals surface area contributed by atoms with Crippen molar-refractivity contribution in [1.29, 1.82) is 0 Å². The van der Waals surface area contributed by atoms with Gasteiger partial charge in [-0.25, -0.2) is 13.6 Å². The number of carboxylic acids is 1. The Morgan fingerprint density at radius 1 is 1.38 bits per heavy atom. The predicted octanol–water partition coefficient (Wildman–Crippen LogP) is 3.08. The minimum atomic E-state index is -1.11. The predicted molar refractivity (Wildman–Crippen MR) is 73.9 cm³/mol. The van der Waals surface area contributed by atoms with E-state index in [0.29, 0.717) is 30.4 Å². The Kier molecular flexibility index (Phi) is 4.27. The zero-order valence-electron chi connectivity index (χ0n) is 10.9. The van der Waals surface area contributed by atoms with E-state index in [2.05, 4.69) is 10.2 Å². The van der Waals surface area contributed by atoms with Gasteiger partial charge < -0.3 is 5.11 Å². The molecule has 1 atom stereocenters. The van der Waals surface area contributed by atoms with Crippen LogP contribution in [0.15, 0.2) is 18.2 Å². The third-order valence-corrected chi connectivity index (χ3v) is 3.75. The van der Waals surface area contributed by atoms with Gasteiger partial charge in [-0.3, -0.25) is 5.10 Å². The first-order valence-electron chi connectivity index (χ1n) is 6.30. The summed E-state index contributed by atoms with van der Waals surface area (Å²) in [6, 6.07) is 3.37. The van der Waals surface area contributed by atoms with Crippen molar-refractivity contribution in [3.8, 4) is 0 Å². The maximum atomic E-state index is 13.8. The van der Waals surface area contributed by atoms with Gasteiger partial charge in [0, 0.05) is 11.3 Å². The number of aromatic amines is 1. The average molecular weight is 315 g/mol. The van der Waals surface area contributed by atoms with Crippen molar-refractivity contribution >= 4 is 18.4 Å². The number of H-pyrrole nitrogens is 1. The summed E-state index contributed by atoms with van der Waals surface area (Å²) in [7, 11) is 0. The van der Waals surface area contributed by atoms with E-state index >= 15 is 0 Å². The number of nitrogens with zero attached hydrogens (tertiary/aromatic N) is 1. The molecule has 0 fully saturated rings. The number of halogens is 3. The quantitative estimate of drug-likeness (QED) is 0.895. The van der Waals surface area contributed by atoms with Crippen molar-refractivity contribution in [3.05, 3.63) is 52.3 Å². The highest BCUT2D eigenvalue weighted by molar-refractivity contribution is 5.87. The van der Waals surface area contributed by atoms with Gasteiger partial charge in [0.2, 0.25) is 0 Å². The summed E-state index contributed by atoms with van der Waals surface area (Å²) in [5.41, 5.74) is 1.64. The zero-order valence-corrected chi connectivity index (χ0v) is 11.7. The van der Waals surface area contributed by atoms with Crippen molar-refractivity contribution in [2.45, 2.75) is 25.2 Å². The number of aromatic carboxylic acids is 1. The Balaban J connectivity index is 0.00000161. The molecule has 1 aliphatic rings. The van der Waals surface area contributed by atoms with Crippen LogP contribution in [0.3, 0.4) is 0 Å². The molecule has 0 saturated carbocycles. The lowest BCUT2D eigenvalue weighted by Crippen LogP contribution is -2.15. The number of aryl methyl sites for hydroxylation is 1. The van der Waals surface area contributed by atoms with Gasteiger partial charge in [0.25, 0.3) is 0 Å². The molecule has 0 spiro atoms. The largest absolute Gasteiger partial charge is 0.476 e. The maximum Gasteiger partial charge on any atom is 0.356 e. The van der Waals surface area contributed by atoms with Gasteiger partial charge in [-0.2, -0.15) is 5.10 Å². The number of hydrogen-bond acceptors (Lipinski definition) is 2. The molecule has 4 nitrogen and oxygen atoms in total. The molecular weight excluding hydrogens is 302 g/mol. The van der Waals surface area contributed by atoms with Gasteiger partial charge in [-0.05, 0) is 48.9 Å². The fraction of sp³-hybridized carbons (Fsp3) is 0.286. The fourth-order valence-electron chi connectivity index (χ4n) is 2.76. The Labute approximate surface area is 125 Å². The molecule has 21 heavy (non-hydrogen) atoms. The standard InChI is InChI=1S/C14H12F2N2O2.ClH/c15-8-2-3-11(16)9(6-8)7-1-4-12-10(5-7)13(14(19)20)18-17-12;/h2-3,6-7H,1,4-5H2,(H,17,18)(H,19,20);1H. The molecule has 2 aromatic rings. The second kappa shape index (κ2) is 5.81. The molecule has 112 valence electrons. The molecule has 1 aliphatic carbocycles. The summed E-state index contributed by atoms with van der Waals surface area (Å²) in [5.74, 6) is -2.28. The molecule has 0 radical (unpaired) electrons. The fourth-order valence-corrected chi connectivity index (χ4v) is 2.76. The number of fused-ring (bicyclic) bond motifs is 1. The number of carboxylic acid groups (broad SMARTS) is 1. The first-order chi connectivity index (χ1) is 9.56. The van der Waals surface area contributed by atoms with E-state index in [1.165, 1.54) is 6.07 Å². The van der Waals surface area contributed by atoms with Crippen molar-refractivity contribution in [2.24, 2.45) is 0 Å². The van der Waals surface area contributed by atoms with Crippen LogP contribution < -0.4 is 0 Å². The third-order valence-electron chi connectivity index (χ3n) is 3.75. The molecule has 1 heterocycles. The summed E-state index contributed by atoms with van der Waals surface area (Å²) in [5, 5.41) is 15.5. The van der Waals surface area contributed by atoms with E-state index in [4.69, 9.17) is 5.11 Å². The van der Waals surface area contributed by atoms with E-state index in [-0.39, 0.29) is 24.0 Å². The maximum absolute atomic E-state index is 13.8. The highest BCUT2D eigenvalue weighted by Crippen LogP contribution is 2.34. The summed E-state index contributed by atoms with van der Waals surface area (Å²) >= 11 is 0. The number of aromatic nitrogens is 2. The van der Waals surface area contributed by atoms with Crippen molar-refractivity contribution < 1.29 is 18.7 Å². The Morgan fingerprint density at radius 2 is 2.14 bits per heavy atom. The number of benzene rings is 1. The van der Waals surface area contributed by atoms with Gasteiger partial charge >= 0.3 is 5.97 Å². The molecule has 1 unspecified atom stereocenters. The molecule has 0 bridgehead atoms. The zero-order chi connectivity index (χ0) is 14.3. The third kappa shape index (κ3) is 2.76. The molecule has 1 aromatic carbocycles. The Bertz CT molecular complexity index is 688. The van der Waals surface area contributed by atoms with Gasteiger partial charge in [-0.15, -0.1) is 12.4 Å². The SMILES string of the molecule is Cl.O=C(O)c1n[nH]c2c1CC(c1cc(F)ccc1F)CC2. The minimum Gasteiger partial charge on any atom is -0.476 e. The lowest BCUT2D eigenvalue weighted by Gasteiger charge is -2.22. The van der Waals surface area contributed by atoms with E-state index in [1.807, 2.05) is 0 Å². The smallest absolute Gasteiger partial charge is 0.356 e. The van der Waals surface area contributed by atoms with Crippen LogP contribution in [0.4, 0.5) is 8.78 Å². The highest BCUT2D eigenvalue weighted by atomic mass is 35.5. The molecule has 3 rings (SSSR count). The van der Waals surface area contributed by atoms with E-state index in [9.17, 15) is 13.6 Å². The van der Waals surface area contributed by atoms with Gasteiger partial charge in [0.05, 0.1) is 0 Å². The van der Waals surface area contributed by atoms with Crippen LogP contribution in [0.1, 0.15) is 39.6 Å². The van der Waals surface area contributed by atoms with Gasteiger partial charge in [-0.1, -0.05) is 0 Å². The topological polar surface area (TPSA) is 66.0 Å². The number of rotatable bonds is 2. The van der Waals surface area contributed by atoms with Crippen LogP contribution in [0, 0.1) is 11.6 Å². The lowest BCUT2D eigenvalue weighted by atomic mass is 9.82. The number of hydrogen-bond donors (Lipinski definition) is 2. The molecule has 0 amide bonds. The summed E-state index contributed by atoms with van der Waals surface area (Å²) in [4.78, 5) is 11.1. The Morgan fingerprint density at radius 3 is 2.86 bits per heavy atom. The first-order valence-corrected chi connectivity index (χ1v) is 6.30. The van der Waals surface area contributed by atoms with Crippen molar-refractivity contribution in [2.75, 3.05) is 0 Å². The van der Waals surface area contributed by atoms with Crippen LogP contribution >= 0.6 is 12.4 Å². The lowest BCUT2D eigenvalue weighted by molar-refractivity contribution is 0.0689. The minimum absolute atomic E-state index is 0. The van der Waals surface area contributed by atoms with Crippen LogP contribution in [0.5, 0.6) is 0 Å². The van der Waals surface area contributed by atoms with Crippen LogP contribution in [-0.4, -0.2) is 21.3 Å². The number of nitrogens with one attached hydrogen (secondary N) is 1. The van der Waals surface area contributed by atoms with Crippen molar-refractivity contribution in [3.63, 3.8) is 0 Å². The summed E-state index contributed by atoms with van der Waals surface area (Å²) in [6.07, 6.45) is 1.57.